The van der Waals surface area contributed by atoms with Crippen LogP contribution in [0.25, 0.3) is 0 Å². The monoisotopic (exact) mass is 305 g/mol. The molecule has 0 radical (unpaired) electrons. The zero-order chi connectivity index (χ0) is 15.5. The van der Waals surface area contributed by atoms with Crippen LogP contribution in [-0.2, 0) is 9.59 Å². The van der Waals surface area contributed by atoms with Crippen LogP contribution in [0.5, 0.6) is 0 Å². The number of anilines is 1. The highest BCUT2D eigenvalue weighted by Crippen LogP contribution is 2.34. The van der Waals surface area contributed by atoms with Gasteiger partial charge in [0.25, 0.3) is 0 Å². The molecule has 2 saturated heterocycles. The van der Waals surface area contributed by atoms with Gasteiger partial charge in [-0.1, -0.05) is 6.07 Å². The Balaban J connectivity index is 1.82. The molecular formula is C16H20FN3O2. The molecule has 118 valence electrons. The second-order valence-electron chi connectivity index (χ2n) is 5.87. The first-order valence-corrected chi connectivity index (χ1v) is 7.74. The van der Waals surface area contributed by atoms with Crippen molar-refractivity contribution in [3.05, 3.63) is 29.6 Å². The molecule has 22 heavy (non-hydrogen) atoms. The number of carbonyl (C=O) groups excluding carboxylic acids is 2. The van der Waals surface area contributed by atoms with E-state index in [-0.39, 0.29) is 23.5 Å². The summed E-state index contributed by atoms with van der Waals surface area (Å²) < 4.78 is 14.3. The Hall–Kier alpha value is -1.95. The van der Waals surface area contributed by atoms with E-state index in [2.05, 4.69) is 16.0 Å². The molecule has 0 aromatic heterocycles. The van der Waals surface area contributed by atoms with E-state index in [1.165, 1.54) is 6.07 Å². The van der Waals surface area contributed by atoms with Gasteiger partial charge in [0, 0.05) is 17.7 Å². The lowest BCUT2D eigenvalue weighted by Crippen LogP contribution is -2.47. The van der Waals surface area contributed by atoms with Gasteiger partial charge in [-0.3, -0.25) is 14.9 Å². The Morgan fingerprint density at radius 1 is 1.14 bits per heavy atom. The van der Waals surface area contributed by atoms with E-state index in [1.54, 1.807) is 6.07 Å². The molecule has 1 aromatic rings. The van der Waals surface area contributed by atoms with E-state index >= 15 is 0 Å². The Morgan fingerprint density at radius 3 is 2.64 bits per heavy atom. The second kappa shape index (κ2) is 6.44. The molecule has 1 atom stereocenters. The molecule has 2 fully saturated rings. The van der Waals surface area contributed by atoms with Crippen molar-refractivity contribution in [1.29, 1.82) is 0 Å². The summed E-state index contributed by atoms with van der Waals surface area (Å²) in [6.45, 7) is 1.74. The van der Waals surface area contributed by atoms with Crippen molar-refractivity contribution in [2.75, 3.05) is 18.4 Å². The van der Waals surface area contributed by atoms with Crippen molar-refractivity contribution in [3.63, 3.8) is 0 Å². The van der Waals surface area contributed by atoms with Gasteiger partial charge < -0.3 is 10.6 Å². The molecule has 2 amide bonds. The quantitative estimate of drug-likeness (QED) is 0.740. The summed E-state index contributed by atoms with van der Waals surface area (Å²) >= 11 is 0. The van der Waals surface area contributed by atoms with Gasteiger partial charge in [0.05, 0.1) is 0 Å². The fourth-order valence-electron chi connectivity index (χ4n) is 3.21. The van der Waals surface area contributed by atoms with Gasteiger partial charge in [0.2, 0.25) is 11.8 Å². The number of hydrogen-bond acceptors (Lipinski definition) is 4. The minimum atomic E-state index is -0.486. The summed E-state index contributed by atoms with van der Waals surface area (Å²) in [6, 6.07) is 4.44. The van der Waals surface area contributed by atoms with Crippen LogP contribution in [0.1, 0.15) is 37.2 Å². The Kier molecular flexibility index (Phi) is 4.38. The third kappa shape index (κ3) is 3.11. The number of rotatable bonds is 3. The van der Waals surface area contributed by atoms with E-state index < -0.39 is 6.04 Å². The summed E-state index contributed by atoms with van der Waals surface area (Å²) in [4.78, 5) is 23.1. The standard InChI is InChI=1S/C16H20FN3O2/c17-11-2-1-3-12(15(11)10-6-8-18-9-7-10)19-13-4-5-14(21)20-16(13)22/h1-3,10,13,18-19H,4-9H2,(H,20,21,22)/t13-/m0/s1. The van der Waals surface area contributed by atoms with E-state index in [4.69, 9.17) is 0 Å². The number of nitrogens with one attached hydrogen (secondary N) is 3. The number of imide groups is 1. The lowest BCUT2D eigenvalue weighted by atomic mass is 9.88. The number of piperidine rings is 2. The van der Waals surface area contributed by atoms with Crippen molar-refractivity contribution in [2.45, 2.75) is 37.6 Å². The molecule has 2 aliphatic heterocycles. The normalized spacial score (nSPS) is 23.2. The first kappa shape index (κ1) is 15.0. The summed E-state index contributed by atoms with van der Waals surface area (Å²) in [5, 5.41) is 8.72. The molecule has 0 saturated carbocycles. The number of hydrogen-bond donors (Lipinski definition) is 3. The van der Waals surface area contributed by atoms with Crippen LogP contribution >= 0.6 is 0 Å². The predicted molar refractivity (Wildman–Crippen MR) is 81.0 cm³/mol. The average Bonchev–Trinajstić information content (AvgIpc) is 2.51. The van der Waals surface area contributed by atoms with Gasteiger partial charge in [-0.25, -0.2) is 4.39 Å². The lowest BCUT2D eigenvalue weighted by Gasteiger charge is -2.28. The molecule has 0 unspecified atom stereocenters. The maximum atomic E-state index is 14.3. The number of carbonyl (C=O) groups is 2. The minimum Gasteiger partial charge on any atom is -0.373 e. The highest BCUT2D eigenvalue weighted by atomic mass is 19.1. The van der Waals surface area contributed by atoms with Gasteiger partial charge in [-0.2, -0.15) is 0 Å². The van der Waals surface area contributed by atoms with Crippen molar-refractivity contribution in [2.24, 2.45) is 0 Å². The number of amides is 2. The van der Waals surface area contributed by atoms with E-state index in [0.717, 1.165) is 25.9 Å². The Bertz CT molecular complexity index is 585. The zero-order valence-electron chi connectivity index (χ0n) is 12.3. The zero-order valence-corrected chi connectivity index (χ0v) is 12.3. The van der Waals surface area contributed by atoms with Gasteiger partial charge in [0.1, 0.15) is 11.9 Å². The number of benzene rings is 1. The van der Waals surface area contributed by atoms with Crippen molar-refractivity contribution in [3.8, 4) is 0 Å². The minimum absolute atomic E-state index is 0.151. The molecule has 0 spiro atoms. The van der Waals surface area contributed by atoms with Crippen LogP contribution in [0, 0.1) is 5.82 Å². The largest absolute Gasteiger partial charge is 0.373 e. The smallest absolute Gasteiger partial charge is 0.249 e. The first-order chi connectivity index (χ1) is 10.6. The van der Waals surface area contributed by atoms with Crippen LogP contribution in [-0.4, -0.2) is 30.9 Å². The van der Waals surface area contributed by atoms with E-state index in [0.29, 0.717) is 24.1 Å². The summed E-state index contributed by atoms with van der Waals surface area (Å²) in [5.41, 5.74) is 1.33. The molecule has 2 heterocycles. The fraction of sp³-hybridized carbons (Fsp3) is 0.500. The lowest BCUT2D eigenvalue weighted by molar-refractivity contribution is -0.133. The highest BCUT2D eigenvalue weighted by Gasteiger charge is 2.28. The summed E-state index contributed by atoms with van der Waals surface area (Å²) in [7, 11) is 0. The van der Waals surface area contributed by atoms with Crippen LogP contribution in [0.3, 0.4) is 0 Å². The third-order valence-electron chi connectivity index (χ3n) is 4.37. The molecule has 1 aromatic carbocycles. The van der Waals surface area contributed by atoms with Gasteiger partial charge in [0.15, 0.2) is 0 Å². The Morgan fingerprint density at radius 2 is 1.91 bits per heavy atom. The molecule has 0 aliphatic carbocycles. The topological polar surface area (TPSA) is 70.2 Å². The maximum absolute atomic E-state index is 14.3. The first-order valence-electron chi connectivity index (χ1n) is 7.74. The predicted octanol–water partition coefficient (Wildman–Crippen LogP) is 1.51. The summed E-state index contributed by atoms with van der Waals surface area (Å²) in [5.74, 6) is -0.667. The molecule has 3 rings (SSSR count). The highest BCUT2D eigenvalue weighted by molar-refractivity contribution is 6.01. The third-order valence-corrected chi connectivity index (χ3v) is 4.37. The molecule has 6 heteroatoms. The van der Waals surface area contributed by atoms with Gasteiger partial charge in [-0.15, -0.1) is 0 Å². The maximum Gasteiger partial charge on any atom is 0.249 e. The van der Waals surface area contributed by atoms with Crippen LogP contribution in [0.2, 0.25) is 0 Å². The second-order valence-corrected chi connectivity index (χ2v) is 5.87. The molecular weight excluding hydrogens is 285 g/mol. The summed E-state index contributed by atoms with van der Waals surface area (Å²) in [6.07, 6.45) is 2.50. The molecule has 0 bridgehead atoms. The Labute approximate surface area is 128 Å². The van der Waals surface area contributed by atoms with Gasteiger partial charge in [-0.05, 0) is 50.4 Å². The molecule has 2 aliphatic rings. The van der Waals surface area contributed by atoms with Crippen molar-refractivity contribution >= 4 is 17.5 Å². The van der Waals surface area contributed by atoms with Crippen LogP contribution in [0.15, 0.2) is 18.2 Å². The van der Waals surface area contributed by atoms with E-state index in [1.807, 2.05) is 6.07 Å². The molecule has 5 nitrogen and oxygen atoms in total. The van der Waals surface area contributed by atoms with Crippen molar-refractivity contribution in [1.82, 2.24) is 10.6 Å². The van der Waals surface area contributed by atoms with Crippen molar-refractivity contribution < 1.29 is 14.0 Å². The van der Waals surface area contributed by atoms with Gasteiger partial charge >= 0.3 is 0 Å². The van der Waals surface area contributed by atoms with Crippen LogP contribution in [0.4, 0.5) is 10.1 Å². The number of halogens is 1. The average molecular weight is 305 g/mol. The van der Waals surface area contributed by atoms with Crippen LogP contribution < -0.4 is 16.0 Å². The fourth-order valence-corrected chi connectivity index (χ4v) is 3.21. The molecule has 3 N–H and O–H groups in total. The SMILES string of the molecule is O=C1CC[C@H](Nc2cccc(F)c2C2CCNCC2)C(=O)N1. The van der Waals surface area contributed by atoms with E-state index in [9.17, 15) is 14.0 Å².